The summed E-state index contributed by atoms with van der Waals surface area (Å²) in [5.74, 6) is -0.893. The molecule has 1 fully saturated rings. The SMILES string of the molecule is N#CC(C(=O)Nc1cccc(S(=O)(=O)N2CCCCC2)c1)=c1sc(=Cc2ccc(C(F)(F)F)cc2)c(=O)n1-c1ccc(Cl)cc1. The first kappa shape index (κ1) is 32.2. The number of nitrogens with zero attached hydrogens (tertiary/aromatic N) is 3. The third-order valence-electron chi connectivity index (χ3n) is 7.04. The van der Waals surface area contributed by atoms with Gasteiger partial charge in [-0.25, -0.2) is 8.42 Å². The molecular formula is C31H24ClF3N4O4S2. The van der Waals surface area contributed by atoms with Gasteiger partial charge in [-0.1, -0.05) is 36.2 Å². The topological polar surface area (TPSA) is 112 Å². The van der Waals surface area contributed by atoms with E-state index >= 15 is 0 Å². The third-order valence-corrected chi connectivity index (χ3v) is 10.3. The highest BCUT2D eigenvalue weighted by Gasteiger charge is 2.30. The Morgan fingerprint density at radius 1 is 1.00 bits per heavy atom. The van der Waals surface area contributed by atoms with Crippen LogP contribution in [0.3, 0.4) is 0 Å². The highest BCUT2D eigenvalue weighted by molar-refractivity contribution is 7.89. The Labute approximate surface area is 265 Å². The van der Waals surface area contributed by atoms with E-state index in [1.165, 1.54) is 71.0 Å². The van der Waals surface area contributed by atoms with Gasteiger partial charge >= 0.3 is 6.18 Å². The molecule has 0 spiro atoms. The monoisotopic (exact) mass is 672 g/mol. The van der Waals surface area contributed by atoms with Crippen molar-refractivity contribution < 1.29 is 26.4 Å². The summed E-state index contributed by atoms with van der Waals surface area (Å²) in [5.41, 5.74) is -1.20. The smallest absolute Gasteiger partial charge is 0.321 e. The molecule has 3 aromatic carbocycles. The van der Waals surface area contributed by atoms with Crippen molar-refractivity contribution in [3.63, 3.8) is 0 Å². The fourth-order valence-electron chi connectivity index (χ4n) is 4.77. The molecule has 5 rings (SSSR count). The van der Waals surface area contributed by atoms with Crippen LogP contribution in [-0.4, -0.2) is 36.3 Å². The van der Waals surface area contributed by atoms with Gasteiger partial charge < -0.3 is 5.32 Å². The van der Waals surface area contributed by atoms with Crippen LogP contribution in [0.15, 0.2) is 82.5 Å². The maximum absolute atomic E-state index is 13.6. The minimum absolute atomic E-state index is 0.0108. The molecule has 2 heterocycles. The maximum atomic E-state index is 13.6. The number of benzene rings is 3. The van der Waals surface area contributed by atoms with Crippen molar-refractivity contribution in [1.82, 2.24) is 8.87 Å². The van der Waals surface area contributed by atoms with Crippen molar-refractivity contribution in [3.8, 4) is 11.8 Å². The van der Waals surface area contributed by atoms with Crippen LogP contribution in [0.1, 0.15) is 30.4 Å². The molecular weight excluding hydrogens is 649 g/mol. The molecule has 14 heteroatoms. The van der Waals surface area contributed by atoms with E-state index in [0.717, 1.165) is 47.3 Å². The van der Waals surface area contributed by atoms with Gasteiger partial charge in [0.25, 0.3) is 11.5 Å². The third kappa shape index (κ3) is 7.04. The Morgan fingerprint density at radius 3 is 2.29 bits per heavy atom. The average molecular weight is 673 g/mol. The van der Waals surface area contributed by atoms with E-state index in [1.807, 2.05) is 6.07 Å². The van der Waals surface area contributed by atoms with E-state index in [9.17, 15) is 36.4 Å². The molecule has 1 N–H and O–H groups in total. The van der Waals surface area contributed by atoms with Crippen molar-refractivity contribution in [1.29, 1.82) is 5.26 Å². The van der Waals surface area contributed by atoms with Crippen LogP contribution in [0.2, 0.25) is 5.02 Å². The van der Waals surface area contributed by atoms with E-state index in [4.69, 9.17) is 11.6 Å². The predicted molar refractivity (Wildman–Crippen MR) is 166 cm³/mol. The van der Waals surface area contributed by atoms with Crippen LogP contribution in [-0.2, 0) is 21.0 Å². The van der Waals surface area contributed by atoms with Gasteiger partial charge in [-0.05, 0) is 79.1 Å². The van der Waals surface area contributed by atoms with Crippen molar-refractivity contribution in [3.05, 3.63) is 108 Å². The molecule has 0 saturated carbocycles. The first-order chi connectivity index (χ1) is 21.4. The summed E-state index contributed by atoms with van der Waals surface area (Å²) in [6, 6.07) is 17.8. The van der Waals surface area contributed by atoms with Crippen LogP contribution in [0.5, 0.6) is 0 Å². The largest absolute Gasteiger partial charge is 0.416 e. The zero-order valence-electron chi connectivity index (χ0n) is 23.3. The molecule has 4 aromatic rings. The lowest BCUT2D eigenvalue weighted by molar-refractivity contribution is -0.137. The molecule has 0 atom stereocenters. The number of thiazole rings is 1. The Kier molecular flexibility index (Phi) is 9.31. The van der Waals surface area contributed by atoms with E-state index in [-0.39, 0.29) is 25.5 Å². The summed E-state index contributed by atoms with van der Waals surface area (Å²) in [6.07, 6.45) is -0.709. The molecule has 1 saturated heterocycles. The standard InChI is InChI=1S/C31H24ClF3N4O4S2/c32-22-11-13-24(14-12-22)39-29(41)27(17-20-7-9-21(10-8-20)31(33,34)35)44-30(39)26(19-36)28(40)37-23-5-4-6-25(18-23)45(42,43)38-15-2-1-3-16-38/h4-14,17-18H,1-3,15-16H2,(H,37,40). The molecule has 1 aromatic heterocycles. The average Bonchev–Trinajstić information content (AvgIpc) is 3.33. The Bertz CT molecular complexity index is 2080. The Hall–Kier alpha value is -4.22. The molecule has 0 bridgehead atoms. The molecule has 0 radical (unpaired) electrons. The Balaban J connectivity index is 1.59. The van der Waals surface area contributed by atoms with Crippen LogP contribution in [0, 0.1) is 11.3 Å². The lowest BCUT2D eigenvalue weighted by Gasteiger charge is -2.26. The van der Waals surface area contributed by atoms with Crippen LogP contribution >= 0.6 is 22.9 Å². The molecule has 232 valence electrons. The second-order valence-electron chi connectivity index (χ2n) is 10.1. The van der Waals surface area contributed by atoms with Crippen LogP contribution < -0.4 is 20.1 Å². The van der Waals surface area contributed by atoms with Crippen molar-refractivity contribution >= 4 is 56.2 Å². The molecule has 1 aliphatic heterocycles. The molecule has 45 heavy (non-hydrogen) atoms. The molecule has 8 nitrogen and oxygen atoms in total. The lowest BCUT2D eigenvalue weighted by atomic mass is 10.1. The van der Waals surface area contributed by atoms with Crippen molar-refractivity contribution in [2.45, 2.75) is 30.3 Å². The number of nitrogens with one attached hydrogen (secondary N) is 1. The van der Waals surface area contributed by atoms with Gasteiger partial charge in [-0.2, -0.15) is 22.7 Å². The summed E-state index contributed by atoms with van der Waals surface area (Å²) >= 11 is 6.83. The summed E-state index contributed by atoms with van der Waals surface area (Å²) < 4.78 is 68.0. The number of hydrogen-bond donors (Lipinski definition) is 1. The number of nitriles is 1. The second kappa shape index (κ2) is 13.0. The Morgan fingerprint density at radius 2 is 1.67 bits per heavy atom. The van der Waals surface area contributed by atoms with Crippen molar-refractivity contribution in [2.24, 2.45) is 0 Å². The summed E-state index contributed by atoms with van der Waals surface area (Å²) in [6.45, 7) is 0.801. The van der Waals surface area contributed by atoms with E-state index in [1.54, 1.807) is 0 Å². The highest BCUT2D eigenvalue weighted by Crippen LogP contribution is 2.29. The summed E-state index contributed by atoms with van der Waals surface area (Å²) in [4.78, 5) is 27.1. The molecule has 1 amide bonds. The highest BCUT2D eigenvalue weighted by atomic mass is 35.5. The van der Waals surface area contributed by atoms with E-state index in [0.29, 0.717) is 23.7 Å². The molecule has 0 unspecified atom stereocenters. The lowest BCUT2D eigenvalue weighted by Crippen LogP contribution is -2.35. The van der Waals surface area contributed by atoms with Gasteiger partial charge in [0.05, 0.1) is 20.7 Å². The van der Waals surface area contributed by atoms with E-state index < -0.39 is 38.8 Å². The van der Waals surface area contributed by atoms with Gasteiger partial charge in [-0.15, -0.1) is 11.3 Å². The van der Waals surface area contributed by atoms with Gasteiger partial charge in [-0.3, -0.25) is 14.2 Å². The quantitative estimate of drug-likeness (QED) is 0.314. The number of anilines is 1. The van der Waals surface area contributed by atoms with Crippen LogP contribution in [0.25, 0.3) is 17.3 Å². The first-order valence-electron chi connectivity index (χ1n) is 13.6. The number of carbonyl (C=O) groups excluding carboxylic acids is 1. The number of sulfonamides is 1. The van der Waals surface area contributed by atoms with Gasteiger partial charge in [0.2, 0.25) is 10.0 Å². The number of aromatic nitrogens is 1. The van der Waals surface area contributed by atoms with Gasteiger partial charge in [0.1, 0.15) is 10.7 Å². The predicted octanol–water partition coefficient (Wildman–Crippen LogP) is 4.89. The zero-order chi connectivity index (χ0) is 32.4. The first-order valence-corrected chi connectivity index (χ1v) is 16.2. The van der Waals surface area contributed by atoms with E-state index in [2.05, 4.69) is 5.32 Å². The number of piperidine rings is 1. The number of halogens is 4. The number of amides is 1. The normalized spacial score (nSPS) is 15.4. The number of rotatable bonds is 6. The minimum atomic E-state index is -4.53. The number of alkyl halides is 3. The maximum Gasteiger partial charge on any atom is 0.416 e. The fraction of sp³-hybridized carbons (Fsp3) is 0.194. The minimum Gasteiger partial charge on any atom is -0.321 e. The van der Waals surface area contributed by atoms with Crippen molar-refractivity contribution in [2.75, 3.05) is 18.4 Å². The number of carbonyl (C=O) groups is 1. The van der Waals surface area contributed by atoms with Gasteiger partial charge in [0.15, 0.2) is 5.57 Å². The van der Waals surface area contributed by atoms with Gasteiger partial charge in [0, 0.05) is 23.8 Å². The second-order valence-corrected chi connectivity index (χ2v) is 13.5. The van der Waals surface area contributed by atoms with Crippen LogP contribution in [0.4, 0.5) is 18.9 Å². The number of hydrogen-bond acceptors (Lipinski definition) is 6. The summed E-state index contributed by atoms with van der Waals surface area (Å²) in [5, 5.41) is 13.0. The fourth-order valence-corrected chi connectivity index (χ4v) is 7.56. The molecule has 0 aliphatic carbocycles. The zero-order valence-corrected chi connectivity index (χ0v) is 25.7. The summed E-state index contributed by atoms with van der Waals surface area (Å²) in [7, 11) is -3.80. The molecule has 1 aliphatic rings.